The van der Waals surface area contributed by atoms with Gasteiger partial charge in [-0.25, -0.2) is 0 Å². The van der Waals surface area contributed by atoms with E-state index in [9.17, 15) is 10.1 Å². The van der Waals surface area contributed by atoms with Gasteiger partial charge in [-0.05, 0) is 24.7 Å². The Kier molecular flexibility index (Phi) is 2.23. The molecule has 1 aromatic heterocycles. The molecule has 5 heteroatoms. The van der Waals surface area contributed by atoms with Crippen LogP contribution in [0.3, 0.4) is 0 Å². The molecule has 1 aliphatic rings. The lowest BCUT2D eigenvalue weighted by Crippen LogP contribution is -2.08. The molecule has 0 N–H and O–H groups in total. The Hall–Kier alpha value is -1.39. The lowest BCUT2D eigenvalue weighted by Gasteiger charge is -2.06. The minimum Gasteiger partial charge on any atom is -0.358 e. The van der Waals surface area contributed by atoms with Gasteiger partial charge in [-0.2, -0.15) is 4.68 Å². The summed E-state index contributed by atoms with van der Waals surface area (Å²) in [7, 11) is 0. The predicted octanol–water partition coefficient (Wildman–Crippen LogP) is 2.21. The van der Waals surface area contributed by atoms with Gasteiger partial charge in [0.2, 0.25) is 0 Å². The summed E-state index contributed by atoms with van der Waals surface area (Å²) in [6.45, 7) is 1.87. The lowest BCUT2D eigenvalue weighted by atomic mass is 10.2. The van der Waals surface area contributed by atoms with Crippen LogP contribution >= 0.6 is 0 Å². The van der Waals surface area contributed by atoms with E-state index in [0.717, 1.165) is 18.5 Å². The molecule has 0 unspecified atom stereocenters. The number of rotatable bonds is 2. The summed E-state index contributed by atoms with van der Waals surface area (Å²) in [5.41, 5.74) is 0.892. The zero-order valence-corrected chi connectivity index (χ0v) is 8.14. The second kappa shape index (κ2) is 3.40. The van der Waals surface area contributed by atoms with Crippen molar-refractivity contribution in [3.8, 4) is 0 Å². The van der Waals surface area contributed by atoms with Gasteiger partial charge < -0.3 is 10.1 Å². The molecule has 0 amide bonds. The average Bonchev–Trinajstić information content (AvgIpc) is 2.71. The zero-order valence-electron chi connectivity index (χ0n) is 8.14. The highest BCUT2D eigenvalue weighted by molar-refractivity contribution is 5.21. The van der Waals surface area contributed by atoms with E-state index in [2.05, 4.69) is 5.10 Å². The molecule has 0 saturated heterocycles. The first-order valence-corrected chi connectivity index (χ1v) is 4.89. The van der Waals surface area contributed by atoms with E-state index in [0.29, 0.717) is 6.04 Å². The summed E-state index contributed by atoms with van der Waals surface area (Å²) >= 11 is 0. The predicted molar refractivity (Wildman–Crippen MR) is 51.1 cm³/mol. The molecule has 0 atom stereocenters. The molecule has 0 radical (unpaired) electrons. The van der Waals surface area contributed by atoms with Crippen LogP contribution in [0, 0.1) is 17.0 Å². The molecule has 1 saturated carbocycles. The summed E-state index contributed by atoms with van der Waals surface area (Å²) in [6, 6.07) is 1.92. The molecular weight excluding hydrogens is 182 g/mol. The van der Waals surface area contributed by atoms with Crippen molar-refractivity contribution in [3.63, 3.8) is 0 Å². The zero-order chi connectivity index (χ0) is 10.1. The molecule has 0 bridgehead atoms. The molecule has 14 heavy (non-hydrogen) atoms. The molecular formula is C9H13N3O2. The molecule has 1 fully saturated rings. The van der Waals surface area contributed by atoms with Crippen LogP contribution in [0.15, 0.2) is 6.07 Å². The second-order valence-electron chi connectivity index (χ2n) is 3.78. The maximum atomic E-state index is 10.5. The van der Waals surface area contributed by atoms with Gasteiger partial charge in [-0.1, -0.05) is 12.8 Å². The fraction of sp³-hybridized carbons (Fsp3) is 0.667. The molecule has 0 spiro atoms. The number of nitrogens with zero attached hydrogens (tertiary/aromatic N) is 3. The first kappa shape index (κ1) is 9.18. The molecule has 1 aliphatic carbocycles. The highest BCUT2D eigenvalue weighted by atomic mass is 16.6. The summed E-state index contributed by atoms with van der Waals surface area (Å²) in [4.78, 5) is 10.1. The number of nitro groups is 1. The molecule has 1 aromatic rings. The van der Waals surface area contributed by atoms with Gasteiger partial charge in [-0.3, -0.25) is 0 Å². The monoisotopic (exact) mass is 195 g/mol. The van der Waals surface area contributed by atoms with Gasteiger partial charge in [0.15, 0.2) is 0 Å². The summed E-state index contributed by atoms with van der Waals surface area (Å²) < 4.78 is 1.81. The number of aromatic nitrogens is 2. The van der Waals surface area contributed by atoms with E-state index in [1.54, 1.807) is 6.07 Å². The first-order chi connectivity index (χ1) is 6.68. The topological polar surface area (TPSA) is 61.0 Å². The van der Waals surface area contributed by atoms with Crippen LogP contribution in [0.5, 0.6) is 0 Å². The minimum atomic E-state index is -0.432. The maximum Gasteiger partial charge on any atom is 0.390 e. The Labute approximate surface area is 81.9 Å². The van der Waals surface area contributed by atoms with Crippen molar-refractivity contribution in [1.29, 1.82) is 0 Å². The molecule has 5 nitrogen and oxygen atoms in total. The van der Waals surface area contributed by atoms with Crippen LogP contribution in [0.1, 0.15) is 37.4 Å². The normalized spacial score (nSPS) is 17.5. The highest BCUT2D eigenvalue weighted by Crippen LogP contribution is 2.30. The third kappa shape index (κ3) is 1.49. The summed E-state index contributed by atoms with van der Waals surface area (Å²) in [5, 5.41) is 14.5. The van der Waals surface area contributed by atoms with Crippen molar-refractivity contribution in [1.82, 2.24) is 9.78 Å². The van der Waals surface area contributed by atoms with Crippen LogP contribution < -0.4 is 0 Å². The van der Waals surface area contributed by atoms with E-state index < -0.39 is 4.92 Å². The van der Waals surface area contributed by atoms with Crippen molar-refractivity contribution < 1.29 is 4.92 Å². The van der Waals surface area contributed by atoms with E-state index in [-0.39, 0.29) is 5.82 Å². The largest absolute Gasteiger partial charge is 0.390 e. The Balaban J connectivity index is 2.28. The van der Waals surface area contributed by atoms with Crippen molar-refractivity contribution >= 4 is 5.82 Å². The average molecular weight is 195 g/mol. The van der Waals surface area contributed by atoms with Gasteiger partial charge in [0.1, 0.15) is 0 Å². The Morgan fingerprint density at radius 1 is 1.57 bits per heavy atom. The molecule has 0 aliphatic heterocycles. The quantitative estimate of drug-likeness (QED) is 0.537. The van der Waals surface area contributed by atoms with Crippen LogP contribution in [0.4, 0.5) is 5.82 Å². The SMILES string of the molecule is Cc1cc([N+](=O)[O-])nn1C1CCCC1. The van der Waals surface area contributed by atoms with E-state index >= 15 is 0 Å². The highest BCUT2D eigenvalue weighted by Gasteiger charge is 2.24. The van der Waals surface area contributed by atoms with Crippen molar-refractivity contribution in [3.05, 3.63) is 21.9 Å². The second-order valence-corrected chi connectivity index (χ2v) is 3.78. The van der Waals surface area contributed by atoms with E-state index in [1.165, 1.54) is 12.8 Å². The van der Waals surface area contributed by atoms with Crippen LogP contribution in [0.25, 0.3) is 0 Å². The standard InChI is InChI=1S/C9H13N3O2/c1-7-6-9(12(13)14)10-11(7)8-4-2-3-5-8/h6,8H,2-5H2,1H3. The van der Waals surface area contributed by atoms with Gasteiger partial charge in [0.25, 0.3) is 0 Å². The molecule has 76 valence electrons. The van der Waals surface area contributed by atoms with Crippen LogP contribution in [-0.2, 0) is 0 Å². The number of hydrogen-bond acceptors (Lipinski definition) is 3. The summed E-state index contributed by atoms with van der Waals surface area (Å²) in [6.07, 6.45) is 4.61. The van der Waals surface area contributed by atoms with Gasteiger partial charge in [0.05, 0.1) is 22.9 Å². The van der Waals surface area contributed by atoms with Crippen molar-refractivity contribution in [2.45, 2.75) is 38.6 Å². The van der Waals surface area contributed by atoms with Gasteiger partial charge in [0, 0.05) is 0 Å². The number of hydrogen-bond donors (Lipinski definition) is 0. The third-order valence-corrected chi connectivity index (χ3v) is 2.77. The fourth-order valence-corrected chi connectivity index (χ4v) is 2.08. The first-order valence-electron chi connectivity index (χ1n) is 4.89. The number of aryl methyl sites for hydroxylation is 1. The molecule has 1 heterocycles. The van der Waals surface area contributed by atoms with Gasteiger partial charge >= 0.3 is 5.82 Å². The Morgan fingerprint density at radius 2 is 2.21 bits per heavy atom. The van der Waals surface area contributed by atoms with Crippen LogP contribution in [-0.4, -0.2) is 14.7 Å². The van der Waals surface area contributed by atoms with Crippen molar-refractivity contribution in [2.75, 3.05) is 0 Å². The Bertz CT molecular complexity index is 353. The molecule has 0 aromatic carbocycles. The van der Waals surface area contributed by atoms with Gasteiger partial charge in [-0.15, -0.1) is 0 Å². The molecule has 2 rings (SSSR count). The third-order valence-electron chi connectivity index (χ3n) is 2.77. The maximum absolute atomic E-state index is 10.5. The van der Waals surface area contributed by atoms with Crippen LogP contribution in [0.2, 0.25) is 0 Å². The Morgan fingerprint density at radius 3 is 2.71 bits per heavy atom. The van der Waals surface area contributed by atoms with E-state index in [1.807, 2.05) is 11.6 Å². The minimum absolute atomic E-state index is 0.0330. The summed E-state index contributed by atoms with van der Waals surface area (Å²) in [5.74, 6) is -0.0330. The van der Waals surface area contributed by atoms with Crippen molar-refractivity contribution in [2.24, 2.45) is 0 Å². The fourth-order valence-electron chi connectivity index (χ4n) is 2.08. The smallest absolute Gasteiger partial charge is 0.358 e. The lowest BCUT2D eigenvalue weighted by molar-refractivity contribution is -0.389. The van der Waals surface area contributed by atoms with E-state index in [4.69, 9.17) is 0 Å².